The van der Waals surface area contributed by atoms with Crippen molar-refractivity contribution in [1.82, 2.24) is 9.38 Å². The van der Waals surface area contributed by atoms with Crippen molar-refractivity contribution in [2.24, 2.45) is 0 Å². The van der Waals surface area contributed by atoms with Crippen LogP contribution in [0.2, 0.25) is 0 Å². The van der Waals surface area contributed by atoms with Crippen LogP contribution in [0.15, 0.2) is 29.8 Å². The molecule has 1 aromatic carbocycles. The van der Waals surface area contributed by atoms with Gasteiger partial charge in [0.15, 0.2) is 16.5 Å². The van der Waals surface area contributed by atoms with E-state index in [1.54, 1.807) is 18.2 Å². The maximum atomic E-state index is 12.2. The van der Waals surface area contributed by atoms with Crippen molar-refractivity contribution in [3.63, 3.8) is 0 Å². The summed E-state index contributed by atoms with van der Waals surface area (Å²) in [5.74, 6) is 1.28. The summed E-state index contributed by atoms with van der Waals surface area (Å²) >= 11 is 1.53. The van der Waals surface area contributed by atoms with Gasteiger partial charge in [-0.2, -0.15) is 0 Å². The lowest BCUT2D eigenvalue weighted by atomic mass is 10.2. The van der Waals surface area contributed by atoms with Gasteiger partial charge < -0.3 is 14.8 Å². The summed E-state index contributed by atoms with van der Waals surface area (Å²) in [7, 11) is 0. The summed E-state index contributed by atoms with van der Waals surface area (Å²) in [5, 5.41) is 4.84. The Balaban J connectivity index is 1.50. The lowest BCUT2D eigenvalue weighted by Crippen LogP contribution is -2.15. The summed E-state index contributed by atoms with van der Waals surface area (Å²) in [6.07, 6.45) is 2.24. The van der Waals surface area contributed by atoms with Gasteiger partial charge in [-0.25, -0.2) is 4.98 Å². The van der Waals surface area contributed by atoms with Crippen molar-refractivity contribution in [3.8, 4) is 11.5 Å². The number of hydrogen-bond acceptors (Lipinski definition) is 5. The summed E-state index contributed by atoms with van der Waals surface area (Å²) in [4.78, 5) is 17.5. The lowest BCUT2D eigenvalue weighted by molar-refractivity contribution is -0.115. The van der Waals surface area contributed by atoms with E-state index in [4.69, 9.17) is 9.47 Å². The standard InChI is InChI=1S/C15H13N3O3S/c1-9-6-18-11(7-22-15(18)16-9)5-14(19)17-10-2-3-12-13(4-10)21-8-20-12/h2-4,6-7H,5,8H2,1H3,(H,17,19). The van der Waals surface area contributed by atoms with E-state index in [0.29, 0.717) is 23.6 Å². The zero-order valence-electron chi connectivity index (χ0n) is 11.8. The number of carbonyl (C=O) groups excluding carboxylic acids is 1. The number of fused-ring (bicyclic) bond motifs is 2. The van der Waals surface area contributed by atoms with Crippen LogP contribution >= 0.6 is 11.3 Å². The molecule has 112 valence electrons. The van der Waals surface area contributed by atoms with Gasteiger partial charge in [-0.05, 0) is 19.1 Å². The van der Waals surface area contributed by atoms with Gasteiger partial charge in [-0.3, -0.25) is 9.20 Å². The monoisotopic (exact) mass is 315 g/mol. The van der Waals surface area contributed by atoms with Crippen LogP contribution < -0.4 is 14.8 Å². The Hall–Kier alpha value is -2.54. The van der Waals surface area contributed by atoms with E-state index < -0.39 is 0 Å². The Labute approximate surface area is 130 Å². The third kappa shape index (κ3) is 2.29. The van der Waals surface area contributed by atoms with Gasteiger partial charge in [0.25, 0.3) is 0 Å². The Morgan fingerprint density at radius 2 is 2.27 bits per heavy atom. The fourth-order valence-electron chi connectivity index (χ4n) is 2.41. The highest BCUT2D eigenvalue weighted by Gasteiger charge is 2.15. The Kier molecular flexibility index (Phi) is 3.00. The molecule has 1 N–H and O–H groups in total. The molecule has 0 unspecified atom stereocenters. The Morgan fingerprint density at radius 1 is 1.41 bits per heavy atom. The van der Waals surface area contributed by atoms with Gasteiger partial charge in [-0.15, -0.1) is 11.3 Å². The first-order valence-corrected chi connectivity index (χ1v) is 7.68. The second kappa shape index (κ2) is 5.03. The molecule has 4 rings (SSSR count). The number of thiazole rings is 1. The molecule has 0 aliphatic carbocycles. The molecule has 1 aliphatic rings. The summed E-state index contributed by atoms with van der Waals surface area (Å²) in [6.45, 7) is 2.16. The summed E-state index contributed by atoms with van der Waals surface area (Å²) in [5.41, 5.74) is 2.57. The Bertz CT molecular complexity index is 868. The van der Waals surface area contributed by atoms with Crippen LogP contribution in [0.1, 0.15) is 11.4 Å². The third-order valence-electron chi connectivity index (χ3n) is 3.40. The van der Waals surface area contributed by atoms with Gasteiger partial charge in [0, 0.05) is 29.0 Å². The van der Waals surface area contributed by atoms with Crippen molar-refractivity contribution >= 4 is 27.9 Å². The van der Waals surface area contributed by atoms with Crippen molar-refractivity contribution < 1.29 is 14.3 Å². The molecule has 1 amide bonds. The number of nitrogens with one attached hydrogen (secondary N) is 1. The second-order valence-electron chi connectivity index (χ2n) is 5.05. The van der Waals surface area contributed by atoms with Crippen molar-refractivity contribution in [2.45, 2.75) is 13.3 Å². The molecule has 3 aromatic rings. The number of anilines is 1. The number of hydrogen-bond donors (Lipinski definition) is 1. The normalized spacial score (nSPS) is 12.8. The molecule has 1 aliphatic heterocycles. The molecule has 3 heterocycles. The van der Waals surface area contributed by atoms with E-state index in [1.165, 1.54) is 11.3 Å². The van der Waals surface area contributed by atoms with Crippen LogP contribution in [0.4, 0.5) is 5.69 Å². The molecule has 0 bridgehead atoms. The van der Waals surface area contributed by atoms with Crippen molar-refractivity contribution in [1.29, 1.82) is 0 Å². The van der Waals surface area contributed by atoms with E-state index in [0.717, 1.165) is 16.3 Å². The van der Waals surface area contributed by atoms with Gasteiger partial charge in [0.2, 0.25) is 12.7 Å². The van der Waals surface area contributed by atoms with E-state index in [-0.39, 0.29) is 12.7 Å². The topological polar surface area (TPSA) is 64.9 Å². The fraction of sp³-hybridized carbons (Fsp3) is 0.200. The van der Waals surface area contributed by atoms with Crippen LogP contribution in [0.25, 0.3) is 4.96 Å². The van der Waals surface area contributed by atoms with E-state index in [2.05, 4.69) is 10.3 Å². The number of imidazole rings is 1. The first-order valence-electron chi connectivity index (χ1n) is 6.80. The molecule has 22 heavy (non-hydrogen) atoms. The molecule has 0 spiro atoms. The molecule has 0 saturated carbocycles. The average molecular weight is 315 g/mol. The number of benzene rings is 1. The molecule has 7 heteroatoms. The molecular formula is C15H13N3O3S. The quantitative estimate of drug-likeness (QED) is 0.807. The van der Waals surface area contributed by atoms with Gasteiger partial charge in [-0.1, -0.05) is 0 Å². The second-order valence-corrected chi connectivity index (χ2v) is 5.89. The van der Waals surface area contributed by atoms with Crippen molar-refractivity contribution in [2.75, 3.05) is 12.1 Å². The van der Waals surface area contributed by atoms with Crippen molar-refractivity contribution in [3.05, 3.63) is 41.2 Å². The highest BCUT2D eigenvalue weighted by Crippen LogP contribution is 2.34. The lowest BCUT2D eigenvalue weighted by Gasteiger charge is -2.06. The maximum Gasteiger partial charge on any atom is 0.231 e. The van der Waals surface area contributed by atoms with Crippen LogP contribution in [-0.2, 0) is 11.2 Å². The highest BCUT2D eigenvalue weighted by molar-refractivity contribution is 7.15. The highest BCUT2D eigenvalue weighted by atomic mass is 32.1. The molecule has 0 radical (unpaired) electrons. The number of ether oxygens (including phenoxy) is 2. The van der Waals surface area contributed by atoms with Gasteiger partial charge in [0.1, 0.15) is 0 Å². The number of aromatic nitrogens is 2. The first-order chi connectivity index (χ1) is 10.7. The molecule has 0 fully saturated rings. The van der Waals surface area contributed by atoms with E-state index >= 15 is 0 Å². The van der Waals surface area contributed by atoms with Gasteiger partial charge in [0.05, 0.1) is 12.1 Å². The molecule has 0 saturated heterocycles. The largest absolute Gasteiger partial charge is 0.454 e. The molecular weight excluding hydrogens is 302 g/mol. The number of rotatable bonds is 3. The van der Waals surface area contributed by atoms with Crippen LogP contribution in [-0.4, -0.2) is 22.1 Å². The fourth-order valence-corrected chi connectivity index (χ4v) is 3.33. The minimum absolute atomic E-state index is 0.0788. The molecule has 6 nitrogen and oxygen atoms in total. The maximum absolute atomic E-state index is 12.2. The number of carbonyl (C=O) groups is 1. The van der Waals surface area contributed by atoms with E-state index in [9.17, 15) is 4.79 Å². The minimum atomic E-state index is -0.0788. The van der Waals surface area contributed by atoms with Gasteiger partial charge >= 0.3 is 0 Å². The Morgan fingerprint density at radius 3 is 3.18 bits per heavy atom. The van der Waals surface area contributed by atoms with Crippen LogP contribution in [0, 0.1) is 6.92 Å². The average Bonchev–Trinajstić information content (AvgIpc) is 3.15. The van der Waals surface area contributed by atoms with Crippen LogP contribution in [0.5, 0.6) is 11.5 Å². The van der Waals surface area contributed by atoms with E-state index in [1.807, 2.05) is 22.9 Å². The zero-order chi connectivity index (χ0) is 15.1. The third-order valence-corrected chi connectivity index (χ3v) is 4.29. The molecule has 0 atom stereocenters. The SMILES string of the molecule is Cc1cn2c(CC(=O)Nc3ccc4c(c3)OCO4)csc2n1. The summed E-state index contributed by atoms with van der Waals surface area (Å²) < 4.78 is 12.5. The predicted octanol–water partition coefficient (Wildman–Crippen LogP) is 2.61. The van der Waals surface area contributed by atoms with Crippen LogP contribution in [0.3, 0.4) is 0 Å². The molecule has 2 aromatic heterocycles. The zero-order valence-corrected chi connectivity index (χ0v) is 12.6. The number of nitrogens with zero attached hydrogens (tertiary/aromatic N) is 2. The number of aryl methyl sites for hydroxylation is 1. The number of amides is 1. The summed E-state index contributed by atoms with van der Waals surface area (Å²) in [6, 6.07) is 5.36. The predicted molar refractivity (Wildman–Crippen MR) is 82.7 cm³/mol. The first kappa shape index (κ1) is 13.1. The minimum Gasteiger partial charge on any atom is -0.454 e. The smallest absolute Gasteiger partial charge is 0.231 e.